The van der Waals surface area contributed by atoms with Crippen molar-refractivity contribution in [1.82, 2.24) is 15.1 Å². The van der Waals surface area contributed by atoms with Crippen molar-refractivity contribution in [2.75, 3.05) is 44.6 Å². The van der Waals surface area contributed by atoms with E-state index >= 15 is 0 Å². The number of hydrogen-bond donors (Lipinski definition) is 3. The number of nitrogens with zero attached hydrogens (tertiary/aromatic N) is 2. The molecule has 0 atom stereocenters. The van der Waals surface area contributed by atoms with Crippen molar-refractivity contribution < 1.29 is 37.5 Å². The van der Waals surface area contributed by atoms with Crippen LogP contribution in [-0.2, 0) is 14.4 Å². The zero-order chi connectivity index (χ0) is 25.7. The minimum absolute atomic E-state index is 0.0145. The Balaban J connectivity index is 0.000000718. The first-order valence-electron chi connectivity index (χ1n) is 10.9. The van der Waals surface area contributed by atoms with Gasteiger partial charge in [0.05, 0.1) is 0 Å². The van der Waals surface area contributed by atoms with E-state index in [-0.39, 0.29) is 24.3 Å². The fourth-order valence-corrected chi connectivity index (χ4v) is 3.10. The highest BCUT2D eigenvalue weighted by molar-refractivity contribution is 5.98. The average molecular weight is 489 g/mol. The summed E-state index contributed by atoms with van der Waals surface area (Å²) in [7, 11) is 0. The van der Waals surface area contributed by atoms with Gasteiger partial charge in [0.15, 0.2) is 0 Å². The van der Waals surface area contributed by atoms with Crippen LogP contribution in [0, 0.1) is 0 Å². The summed E-state index contributed by atoms with van der Waals surface area (Å²) in [5.41, 5.74) is 1.06. The molecule has 34 heavy (non-hydrogen) atoms. The summed E-state index contributed by atoms with van der Waals surface area (Å²) in [5, 5.41) is 13.0. The fourth-order valence-electron chi connectivity index (χ4n) is 3.10. The van der Waals surface area contributed by atoms with E-state index < -0.39 is 12.1 Å². The van der Waals surface area contributed by atoms with Crippen molar-refractivity contribution in [3.63, 3.8) is 0 Å². The van der Waals surface area contributed by atoms with Gasteiger partial charge in [-0.15, -0.1) is 0 Å². The van der Waals surface area contributed by atoms with E-state index in [4.69, 9.17) is 9.90 Å². The second-order valence-electron chi connectivity index (χ2n) is 7.63. The van der Waals surface area contributed by atoms with E-state index in [9.17, 15) is 27.6 Å². The topological polar surface area (TPSA) is 119 Å². The summed E-state index contributed by atoms with van der Waals surface area (Å²) < 4.78 is 31.7. The largest absolute Gasteiger partial charge is 0.490 e. The maximum atomic E-state index is 13.0. The minimum Gasteiger partial charge on any atom is -0.475 e. The molecule has 190 valence electrons. The van der Waals surface area contributed by atoms with E-state index in [1.807, 2.05) is 4.90 Å². The van der Waals surface area contributed by atoms with Crippen LogP contribution in [0.25, 0.3) is 0 Å². The second-order valence-corrected chi connectivity index (χ2v) is 7.63. The van der Waals surface area contributed by atoms with Crippen molar-refractivity contribution in [1.29, 1.82) is 0 Å². The molecule has 0 bridgehead atoms. The summed E-state index contributed by atoms with van der Waals surface area (Å²) >= 11 is 0. The molecule has 1 aromatic carbocycles. The highest BCUT2D eigenvalue weighted by Crippen LogP contribution is 2.15. The van der Waals surface area contributed by atoms with E-state index in [1.165, 1.54) is 6.92 Å². The van der Waals surface area contributed by atoms with Crippen LogP contribution in [0.4, 0.5) is 18.9 Å². The predicted molar refractivity (Wildman–Crippen MR) is 119 cm³/mol. The number of nitrogens with one attached hydrogen (secondary N) is 2. The molecule has 12 heteroatoms. The molecule has 0 unspecified atom stereocenters. The molecule has 1 aromatic rings. The van der Waals surface area contributed by atoms with Gasteiger partial charge in [0.1, 0.15) is 6.54 Å². The average Bonchev–Trinajstić information content (AvgIpc) is 2.78. The zero-order valence-electron chi connectivity index (χ0n) is 19.3. The first-order valence-corrected chi connectivity index (χ1v) is 10.9. The number of amides is 3. The summed E-state index contributed by atoms with van der Waals surface area (Å²) in [6.45, 7) is 7.10. The van der Waals surface area contributed by atoms with Crippen LogP contribution in [-0.4, -0.2) is 84.0 Å². The molecule has 0 saturated carbocycles. The number of benzene rings is 1. The second kappa shape index (κ2) is 14.2. The van der Waals surface area contributed by atoms with Gasteiger partial charge in [0.2, 0.25) is 11.8 Å². The Morgan fingerprint density at radius 2 is 1.76 bits per heavy atom. The Morgan fingerprint density at radius 3 is 2.29 bits per heavy atom. The van der Waals surface area contributed by atoms with Crippen LogP contribution in [0.15, 0.2) is 24.3 Å². The van der Waals surface area contributed by atoms with Crippen molar-refractivity contribution in [3.8, 4) is 0 Å². The molecule has 9 nitrogen and oxygen atoms in total. The molecule has 1 aliphatic heterocycles. The highest BCUT2D eigenvalue weighted by atomic mass is 19.4. The predicted octanol–water partition coefficient (Wildman–Crippen LogP) is 2.34. The third kappa shape index (κ3) is 10.6. The number of halogens is 3. The lowest BCUT2D eigenvalue weighted by molar-refractivity contribution is -0.192. The summed E-state index contributed by atoms with van der Waals surface area (Å²) in [6.07, 6.45) is -2.16. The number of unbranched alkanes of at least 4 members (excludes halogenated alkanes) is 2. The Labute approximate surface area is 196 Å². The third-order valence-corrected chi connectivity index (χ3v) is 4.79. The van der Waals surface area contributed by atoms with Gasteiger partial charge in [-0.1, -0.05) is 25.8 Å². The van der Waals surface area contributed by atoms with Gasteiger partial charge in [0, 0.05) is 50.9 Å². The Hall–Kier alpha value is -3.15. The number of rotatable bonds is 8. The van der Waals surface area contributed by atoms with E-state index in [0.29, 0.717) is 30.9 Å². The minimum atomic E-state index is -5.08. The normalized spacial score (nSPS) is 13.4. The van der Waals surface area contributed by atoms with Gasteiger partial charge in [-0.2, -0.15) is 13.2 Å². The number of hydrogen-bond acceptors (Lipinski definition) is 5. The van der Waals surface area contributed by atoms with Crippen LogP contribution in [0.1, 0.15) is 43.5 Å². The van der Waals surface area contributed by atoms with Gasteiger partial charge in [-0.25, -0.2) is 4.79 Å². The highest BCUT2D eigenvalue weighted by Gasteiger charge is 2.38. The van der Waals surface area contributed by atoms with E-state index in [2.05, 4.69) is 17.6 Å². The van der Waals surface area contributed by atoms with Gasteiger partial charge >= 0.3 is 12.1 Å². The van der Waals surface area contributed by atoms with Gasteiger partial charge in [-0.3, -0.25) is 14.4 Å². The molecule has 1 saturated heterocycles. The zero-order valence-corrected chi connectivity index (χ0v) is 19.3. The molecule has 0 radical (unpaired) electrons. The van der Waals surface area contributed by atoms with Crippen LogP contribution in [0.3, 0.4) is 0 Å². The third-order valence-electron chi connectivity index (χ3n) is 4.79. The first-order chi connectivity index (χ1) is 16.0. The molecular formula is C22H31F3N4O5. The molecule has 1 heterocycles. The summed E-state index contributed by atoms with van der Waals surface area (Å²) in [4.78, 5) is 49.3. The standard InChI is InChI=1S/C20H30N4O3.C2HF3O2/c1-3-4-5-11-24(15-19(26)23-12-9-21-10-13-23)20(27)17-7-6-8-18(14-17)22-16(2)25;3-2(4,5)1(6)7/h6-8,14,21H,3-5,9-13,15H2,1-2H3,(H,22,25);(H,6,7). The molecule has 0 spiro atoms. The number of carboxylic acids is 1. The van der Waals surface area contributed by atoms with Crippen LogP contribution < -0.4 is 10.6 Å². The Morgan fingerprint density at radius 1 is 1.15 bits per heavy atom. The van der Waals surface area contributed by atoms with Gasteiger partial charge < -0.3 is 25.5 Å². The SMILES string of the molecule is CCCCCN(CC(=O)N1CCNCC1)C(=O)c1cccc(NC(C)=O)c1.O=C(O)C(F)(F)F. The molecule has 3 amide bonds. The number of anilines is 1. The lowest BCUT2D eigenvalue weighted by Crippen LogP contribution is -2.50. The van der Waals surface area contributed by atoms with Crippen LogP contribution in [0.2, 0.25) is 0 Å². The Kier molecular flexibility index (Phi) is 12.1. The van der Waals surface area contributed by atoms with Crippen LogP contribution in [0.5, 0.6) is 0 Å². The number of alkyl halides is 3. The number of carbonyl (C=O) groups is 4. The number of piperazine rings is 1. The Bertz CT molecular complexity index is 842. The molecule has 1 fully saturated rings. The smallest absolute Gasteiger partial charge is 0.475 e. The number of carboxylic acid groups (broad SMARTS) is 1. The monoisotopic (exact) mass is 488 g/mol. The van der Waals surface area contributed by atoms with Crippen molar-refractivity contribution >= 4 is 29.4 Å². The van der Waals surface area contributed by atoms with Crippen molar-refractivity contribution in [3.05, 3.63) is 29.8 Å². The molecule has 2 rings (SSSR count). The van der Waals surface area contributed by atoms with E-state index in [0.717, 1.165) is 32.4 Å². The van der Waals surface area contributed by atoms with Gasteiger partial charge in [0.25, 0.3) is 5.91 Å². The van der Waals surface area contributed by atoms with Crippen molar-refractivity contribution in [2.45, 2.75) is 39.3 Å². The molecule has 3 N–H and O–H groups in total. The molecule has 1 aliphatic rings. The molecule has 0 aliphatic carbocycles. The quantitative estimate of drug-likeness (QED) is 0.484. The summed E-state index contributed by atoms with van der Waals surface area (Å²) in [5.74, 6) is -3.14. The first kappa shape index (κ1) is 28.9. The fraction of sp³-hybridized carbons (Fsp3) is 0.545. The maximum absolute atomic E-state index is 13.0. The molecule has 0 aromatic heterocycles. The van der Waals surface area contributed by atoms with E-state index in [1.54, 1.807) is 29.2 Å². The summed E-state index contributed by atoms with van der Waals surface area (Å²) in [6, 6.07) is 6.86. The number of aliphatic carboxylic acids is 1. The number of carbonyl (C=O) groups excluding carboxylic acids is 3. The van der Waals surface area contributed by atoms with Crippen molar-refractivity contribution in [2.24, 2.45) is 0 Å². The lowest BCUT2D eigenvalue weighted by atomic mass is 10.1. The lowest BCUT2D eigenvalue weighted by Gasteiger charge is -2.30. The van der Waals surface area contributed by atoms with Gasteiger partial charge in [-0.05, 0) is 24.6 Å². The molecular weight excluding hydrogens is 457 g/mol. The van der Waals surface area contributed by atoms with Crippen LogP contribution >= 0.6 is 0 Å². The maximum Gasteiger partial charge on any atom is 0.490 e.